The van der Waals surface area contributed by atoms with Crippen molar-refractivity contribution in [3.63, 3.8) is 0 Å². The maximum Gasteiger partial charge on any atom is 0.223 e. The molecule has 0 aromatic heterocycles. The minimum absolute atomic E-state index is 0.00970. The van der Waals surface area contributed by atoms with Gasteiger partial charge in [0.05, 0.1) is 5.69 Å². The molecule has 0 aliphatic carbocycles. The molecule has 3 nitrogen and oxygen atoms in total. The van der Waals surface area contributed by atoms with Gasteiger partial charge in [0.1, 0.15) is 10.2 Å². The number of nitrogens with zero attached hydrogens (tertiary/aromatic N) is 1. The molecule has 0 saturated carbocycles. The summed E-state index contributed by atoms with van der Waals surface area (Å²) in [6, 6.07) is 0. The minimum Gasteiger partial charge on any atom is -0.380 e. The number of anilines is 2. The molecular formula is C14H24N2OS. The normalized spacial score (nSPS) is 11.8. The lowest BCUT2D eigenvalue weighted by Crippen LogP contribution is -2.29. The van der Waals surface area contributed by atoms with Crippen LogP contribution < -0.4 is 15.6 Å². The smallest absolute Gasteiger partial charge is 0.223 e. The summed E-state index contributed by atoms with van der Waals surface area (Å²) in [6.45, 7) is 10.4. The zero-order valence-electron chi connectivity index (χ0n) is 12.1. The summed E-state index contributed by atoms with van der Waals surface area (Å²) in [5, 5.41) is 3.10. The van der Waals surface area contributed by atoms with Crippen LogP contribution in [0.5, 0.6) is 0 Å². The lowest BCUT2D eigenvalue weighted by atomic mass is 9.90. The van der Waals surface area contributed by atoms with E-state index < -0.39 is 0 Å². The summed E-state index contributed by atoms with van der Waals surface area (Å²) in [5.41, 5.74) is 1.96. The van der Waals surface area contributed by atoms with E-state index in [-0.39, 0.29) is 5.43 Å². The fourth-order valence-corrected chi connectivity index (χ4v) is 2.40. The highest BCUT2D eigenvalue weighted by atomic mass is 32.1. The van der Waals surface area contributed by atoms with E-state index in [9.17, 15) is 4.79 Å². The SMILES string of the molecule is CCNc1c(N(C)CCCC(C)(C)C)c(=S)c1=O. The monoisotopic (exact) mass is 268 g/mol. The van der Waals surface area contributed by atoms with Crippen LogP contribution in [0.1, 0.15) is 40.5 Å². The van der Waals surface area contributed by atoms with E-state index in [1.165, 1.54) is 6.42 Å². The standard InChI is InChI=1S/C14H24N2OS/c1-6-15-10-11(13(18)12(10)17)16(5)9-7-8-14(2,3)4/h15H,6-9H2,1-5H3. The number of hydrogen-bond acceptors (Lipinski definition) is 4. The molecular weight excluding hydrogens is 244 g/mol. The summed E-state index contributed by atoms with van der Waals surface area (Å²) < 4.78 is 0.476. The van der Waals surface area contributed by atoms with Gasteiger partial charge >= 0.3 is 0 Å². The van der Waals surface area contributed by atoms with Crippen molar-refractivity contribution in [1.29, 1.82) is 0 Å². The van der Waals surface area contributed by atoms with Crippen molar-refractivity contribution in [3.8, 4) is 0 Å². The Morgan fingerprint density at radius 1 is 1.33 bits per heavy atom. The van der Waals surface area contributed by atoms with Gasteiger partial charge in [-0.1, -0.05) is 33.0 Å². The Morgan fingerprint density at radius 2 is 1.94 bits per heavy atom. The van der Waals surface area contributed by atoms with Crippen LogP contribution in [0.3, 0.4) is 0 Å². The highest BCUT2D eigenvalue weighted by Gasteiger charge is 2.20. The van der Waals surface area contributed by atoms with Crippen molar-refractivity contribution in [2.45, 2.75) is 40.5 Å². The van der Waals surface area contributed by atoms with E-state index in [2.05, 4.69) is 31.0 Å². The van der Waals surface area contributed by atoms with Gasteiger partial charge in [-0.25, -0.2) is 0 Å². The van der Waals surface area contributed by atoms with E-state index in [4.69, 9.17) is 12.2 Å². The van der Waals surface area contributed by atoms with Crippen molar-refractivity contribution in [3.05, 3.63) is 14.7 Å². The first-order chi connectivity index (χ1) is 8.28. The van der Waals surface area contributed by atoms with E-state index in [1.807, 2.05) is 14.0 Å². The average molecular weight is 268 g/mol. The largest absolute Gasteiger partial charge is 0.380 e. The summed E-state index contributed by atoms with van der Waals surface area (Å²) in [7, 11) is 2.01. The molecule has 0 radical (unpaired) electrons. The van der Waals surface area contributed by atoms with Crippen LogP contribution in [0.2, 0.25) is 0 Å². The highest BCUT2D eigenvalue weighted by molar-refractivity contribution is 7.71. The van der Waals surface area contributed by atoms with Gasteiger partial charge in [-0.05, 0) is 25.2 Å². The third kappa shape index (κ3) is 3.55. The summed E-state index contributed by atoms with van der Waals surface area (Å²) in [6.07, 6.45) is 2.28. The molecule has 0 spiro atoms. The third-order valence-corrected chi connectivity index (χ3v) is 3.42. The first-order valence-electron chi connectivity index (χ1n) is 6.56. The van der Waals surface area contributed by atoms with Crippen molar-refractivity contribution >= 4 is 23.6 Å². The van der Waals surface area contributed by atoms with E-state index in [1.54, 1.807) is 0 Å². The maximum absolute atomic E-state index is 11.6. The topological polar surface area (TPSA) is 32.3 Å². The van der Waals surface area contributed by atoms with Gasteiger partial charge < -0.3 is 10.2 Å². The highest BCUT2D eigenvalue weighted by Crippen LogP contribution is 2.28. The van der Waals surface area contributed by atoms with Crippen molar-refractivity contribution in [2.75, 3.05) is 30.4 Å². The second-order valence-corrected chi connectivity index (χ2v) is 6.41. The predicted molar refractivity (Wildman–Crippen MR) is 82.0 cm³/mol. The van der Waals surface area contributed by atoms with Crippen LogP contribution in [-0.2, 0) is 0 Å². The number of rotatable bonds is 6. The molecule has 0 fully saturated rings. The fourth-order valence-electron chi connectivity index (χ4n) is 2.04. The van der Waals surface area contributed by atoms with Crippen molar-refractivity contribution in [2.24, 2.45) is 5.41 Å². The zero-order valence-corrected chi connectivity index (χ0v) is 12.9. The van der Waals surface area contributed by atoms with Gasteiger partial charge in [0.2, 0.25) is 5.43 Å². The molecule has 0 atom stereocenters. The molecule has 0 amide bonds. The molecule has 1 rings (SSSR count). The lowest BCUT2D eigenvalue weighted by molar-refractivity contribution is 0.367. The van der Waals surface area contributed by atoms with Gasteiger partial charge in [-0.2, -0.15) is 0 Å². The molecule has 1 aromatic rings. The second-order valence-electron chi connectivity index (χ2n) is 6.00. The zero-order chi connectivity index (χ0) is 13.9. The Bertz CT molecular complexity index is 467. The summed E-state index contributed by atoms with van der Waals surface area (Å²) in [5.74, 6) is 0. The van der Waals surface area contributed by atoms with Crippen LogP contribution in [0.25, 0.3) is 0 Å². The molecule has 0 heterocycles. The van der Waals surface area contributed by atoms with Crippen LogP contribution in [0.15, 0.2) is 4.79 Å². The second kappa shape index (κ2) is 5.83. The lowest BCUT2D eigenvalue weighted by Gasteiger charge is -2.26. The maximum atomic E-state index is 11.6. The predicted octanol–water partition coefficient (Wildman–Crippen LogP) is 3.35. The number of hydrogen-bond donors (Lipinski definition) is 1. The van der Waals surface area contributed by atoms with Crippen molar-refractivity contribution in [1.82, 2.24) is 0 Å². The first-order valence-corrected chi connectivity index (χ1v) is 6.97. The summed E-state index contributed by atoms with van der Waals surface area (Å²) in [4.78, 5) is 13.7. The van der Waals surface area contributed by atoms with Crippen molar-refractivity contribution < 1.29 is 0 Å². The van der Waals surface area contributed by atoms with Crippen LogP contribution in [-0.4, -0.2) is 20.1 Å². The Balaban J connectivity index is 2.62. The molecule has 0 aliphatic rings. The Labute approximate surface area is 115 Å². The van der Waals surface area contributed by atoms with Gasteiger partial charge in [0.15, 0.2) is 0 Å². The quantitative estimate of drug-likeness (QED) is 0.802. The van der Waals surface area contributed by atoms with Gasteiger partial charge in [0.25, 0.3) is 0 Å². The Kier molecular flexibility index (Phi) is 4.91. The van der Waals surface area contributed by atoms with E-state index in [0.29, 0.717) is 15.6 Å². The Hall–Kier alpha value is -0.900. The molecule has 1 N–H and O–H groups in total. The van der Waals surface area contributed by atoms with Crippen LogP contribution in [0, 0.1) is 9.93 Å². The van der Waals surface area contributed by atoms with Gasteiger partial charge in [-0.15, -0.1) is 0 Å². The molecule has 0 saturated heterocycles. The van der Waals surface area contributed by atoms with Gasteiger partial charge in [-0.3, -0.25) is 4.79 Å². The molecule has 18 heavy (non-hydrogen) atoms. The van der Waals surface area contributed by atoms with E-state index >= 15 is 0 Å². The average Bonchev–Trinajstić information content (AvgIpc) is 2.26. The molecule has 0 unspecified atom stereocenters. The molecule has 4 heteroatoms. The molecule has 102 valence electrons. The molecule has 0 aliphatic heterocycles. The Morgan fingerprint density at radius 3 is 2.44 bits per heavy atom. The van der Waals surface area contributed by atoms with Crippen LogP contribution >= 0.6 is 12.2 Å². The molecule has 0 bridgehead atoms. The number of nitrogens with one attached hydrogen (secondary N) is 1. The van der Waals surface area contributed by atoms with E-state index in [0.717, 1.165) is 25.2 Å². The van der Waals surface area contributed by atoms with Gasteiger partial charge in [0, 0.05) is 20.1 Å². The third-order valence-electron chi connectivity index (χ3n) is 3.04. The fraction of sp³-hybridized carbons (Fsp3) is 0.714. The molecule has 1 aromatic carbocycles. The summed E-state index contributed by atoms with van der Waals surface area (Å²) >= 11 is 5.13. The van der Waals surface area contributed by atoms with Crippen LogP contribution in [0.4, 0.5) is 11.4 Å². The minimum atomic E-state index is -0.00970. The first kappa shape index (κ1) is 15.2.